The highest BCUT2D eigenvalue weighted by Crippen LogP contribution is 2.43. The molecule has 6 nitrogen and oxygen atoms in total. The van der Waals surface area contributed by atoms with Gasteiger partial charge in [-0.25, -0.2) is 0 Å². The molecule has 2 heterocycles. The number of fused-ring (bicyclic) bond motifs is 1. The zero-order chi connectivity index (χ0) is 18.3. The molecule has 1 aliphatic heterocycles. The molecule has 3 N–H and O–H groups in total. The third-order valence-electron chi connectivity index (χ3n) is 4.66. The van der Waals surface area contributed by atoms with E-state index in [0.29, 0.717) is 18.6 Å². The van der Waals surface area contributed by atoms with Crippen molar-refractivity contribution in [2.45, 2.75) is 25.4 Å². The number of ether oxygens (including phenoxy) is 1. The number of phenols is 3. The minimum atomic E-state index is -0.440. The Kier molecular flexibility index (Phi) is 4.05. The molecular formula is C20H18O6. The van der Waals surface area contributed by atoms with Gasteiger partial charge in [-0.15, -0.1) is 0 Å². The first kappa shape index (κ1) is 16.5. The molecule has 134 valence electrons. The maximum Gasteiger partial charge on any atom is 0.197 e. The summed E-state index contributed by atoms with van der Waals surface area (Å²) in [5.74, 6) is -0.0712. The average molecular weight is 354 g/mol. The quantitative estimate of drug-likeness (QED) is 0.647. The van der Waals surface area contributed by atoms with Crippen LogP contribution in [0.5, 0.6) is 17.2 Å². The molecule has 1 fully saturated rings. The summed E-state index contributed by atoms with van der Waals surface area (Å²) in [6.07, 6.45) is 2.09. The topological polar surface area (TPSA) is 100 Å². The zero-order valence-corrected chi connectivity index (χ0v) is 13.9. The fourth-order valence-corrected chi connectivity index (χ4v) is 3.36. The predicted molar refractivity (Wildman–Crippen MR) is 95.5 cm³/mol. The SMILES string of the molecule is O=c1cc(-c2ccc(O)cc2)oc2cc(O)c(C3CCCCO3)c(O)c12. The first-order valence-electron chi connectivity index (χ1n) is 8.48. The van der Waals surface area contributed by atoms with Gasteiger partial charge in [0.25, 0.3) is 0 Å². The summed E-state index contributed by atoms with van der Waals surface area (Å²) in [6, 6.07) is 8.83. The fourth-order valence-electron chi connectivity index (χ4n) is 3.36. The van der Waals surface area contributed by atoms with E-state index >= 15 is 0 Å². The molecule has 0 amide bonds. The summed E-state index contributed by atoms with van der Waals surface area (Å²) < 4.78 is 11.4. The number of rotatable bonds is 2. The Hall–Kier alpha value is -2.99. The molecule has 0 radical (unpaired) electrons. The Labute approximate surface area is 148 Å². The highest BCUT2D eigenvalue weighted by atomic mass is 16.5. The molecule has 0 spiro atoms. The molecule has 4 rings (SSSR count). The van der Waals surface area contributed by atoms with Gasteiger partial charge in [-0.2, -0.15) is 0 Å². The van der Waals surface area contributed by atoms with E-state index in [2.05, 4.69) is 0 Å². The normalized spacial score (nSPS) is 17.5. The van der Waals surface area contributed by atoms with Crippen LogP contribution in [0.3, 0.4) is 0 Å². The van der Waals surface area contributed by atoms with E-state index in [1.165, 1.54) is 24.3 Å². The number of benzene rings is 2. The van der Waals surface area contributed by atoms with E-state index < -0.39 is 11.5 Å². The van der Waals surface area contributed by atoms with E-state index in [-0.39, 0.29) is 39.5 Å². The van der Waals surface area contributed by atoms with Gasteiger partial charge in [-0.05, 0) is 43.5 Å². The summed E-state index contributed by atoms with van der Waals surface area (Å²) in [7, 11) is 0. The molecule has 1 saturated heterocycles. The molecule has 1 atom stereocenters. The third-order valence-corrected chi connectivity index (χ3v) is 4.66. The van der Waals surface area contributed by atoms with Crippen LogP contribution in [-0.4, -0.2) is 21.9 Å². The number of phenolic OH excluding ortho intramolecular Hbond substituents is 3. The highest BCUT2D eigenvalue weighted by Gasteiger charge is 2.26. The Morgan fingerprint density at radius 3 is 2.46 bits per heavy atom. The van der Waals surface area contributed by atoms with Crippen molar-refractivity contribution < 1.29 is 24.5 Å². The van der Waals surface area contributed by atoms with Gasteiger partial charge >= 0.3 is 0 Å². The van der Waals surface area contributed by atoms with Crippen LogP contribution in [0.4, 0.5) is 0 Å². The lowest BCUT2D eigenvalue weighted by molar-refractivity contribution is 0.0124. The third kappa shape index (κ3) is 2.78. The van der Waals surface area contributed by atoms with Crippen molar-refractivity contribution in [2.24, 2.45) is 0 Å². The average Bonchev–Trinajstić information content (AvgIpc) is 2.62. The van der Waals surface area contributed by atoms with Gasteiger partial charge in [0.15, 0.2) is 5.43 Å². The van der Waals surface area contributed by atoms with Gasteiger partial charge in [-0.1, -0.05) is 0 Å². The Morgan fingerprint density at radius 2 is 1.77 bits per heavy atom. The van der Waals surface area contributed by atoms with Gasteiger partial charge in [0.1, 0.15) is 34.0 Å². The largest absolute Gasteiger partial charge is 0.508 e. The monoisotopic (exact) mass is 354 g/mol. The molecule has 1 unspecified atom stereocenters. The molecule has 1 aliphatic rings. The second kappa shape index (κ2) is 6.38. The second-order valence-corrected chi connectivity index (χ2v) is 6.41. The van der Waals surface area contributed by atoms with Crippen molar-refractivity contribution in [3.05, 3.63) is 52.2 Å². The first-order valence-corrected chi connectivity index (χ1v) is 8.48. The molecule has 0 saturated carbocycles. The maximum atomic E-state index is 12.6. The molecule has 3 aromatic rings. The second-order valence-electron chi connectivity index (χ2n) is 6.41. The molecule has 0 bridgehead atoms. The lowest BCUT2D eigenvalue weighted by Crippen LogP contribution is -2.13. The number of hydrogen-bond donors (Lipinski definition) is 3. The summed E-state index contributed by atoms with van der Waals surface area (Å²) in [5.41, 5.74) is 0.515. The smallest absolute Gasteiger partial charge is 0.197 e. The van der Waals surface area contributed by atoms with Crippen LogP contribution >= 0.6 is 0 Å². The Morgan fingerprint density at radius 1 is 1.00 bits per heavy atom. The molecule has 26 heavy (non-hydrogen) atoms. The van der Waals surface area contributed by atoms with Crippen LogP contribution in [-0.2, 0) is 4.74 Å². The summed E-state index contributed by atoms with van der Waals surface area (Å²) in [4.78, 5) is 12.6. The van der Waals surface area contributed by atoms with Crippen LogP contribution < -0.4 is 5.43 Å². The van der Waals surface area contributed by atoms with Crippen molar-refractivity contribution in [1.82, 2.24) is 0 Å². The summed E-state index contributed by atoms with van der Waals surface area (Å²) in [5, 5.41) is 30.4. The van der Waals surface area contributed by atoms with Crippen molar-refractivity contribution >= 4 is 11.0 Å². The van der Waals surface area contributed by atoms with Gasteiger partial charge in [-0.3, -0.25) is 4.79 Å². The highest BCUT2D eigenvalue weighted by molar-refractivity contribution is 5.88. The van der Waals surface area contributed by atoms with Crippen LogP contribution in [0, 0.1) is 0 Å². The lowest BCUT2D eigenvalue weighted by Gasteiger charge is -2.24. The minimum absolute atomic E-state index is 0.0227. The summed E-state index contributed by atoms with van der Waals surface area (Å²) >= 11 is 0. The molecular weight excluding hydrogens is 336 g/mol. The number of aromatic hydroxyl groups is 3. The van der Waals surface area contributed by atoms with Crippen molar-refractivity contribution in [3.8, 4) is 28.6 Å². The fraction of sp³-hybridized carbons (Fsp3) is 0.250. The minimum Gasteiger partial charge on any atom is -0.508 e. The standard InChI is InChI=1S/C20H18O6/c21-12-6-4-11(5-7-12)16-9-13(22)19-17(26-16)10-14(23)18(20(19)24)15-3-1-2-8-25-15/h4-7,9-10,15,21,23-24H,1-3,8H2. The van der Waals surface area contributed by atoms with Crippen LogP contribution in [0.25, 0.3) is 22.3 Å². The van der Waals surface area contributed by atoms with Crippen LogP contribution in [0.15, 0.2) is 45.6 Å². The van der Waals surface area contributed by atoms with E-state index in [9.17, 15) is 20.1 Å². The lowest BCUT2D eigenvalue weighted by atomic mass is 9.97. The molecule has 2 aromatic carbocycles. The van der Waals surface area contributed by atoms with Gasteiger partial charge in [0.2, 0.25) is 0 Å². The van der Waals surface area contributed by atoms with Crippen molar-refractivity contribution in [1.29, 1.82) is 0 Å². The van der Waals surface area contributed by atoms with Gasteiger partial charge in [0.05, 0.1) is 11.7 Å². The van der Waals surface area contributed by atoms with E-state index in [1.54, 1.807) is 12.1 Å². The molecule has 1 aromatic heterocycles. The van der Waals surface area contributed by atoms with Crippen LogP contribution in [0.2, 0.25) is 0 Å². The Balaban J connectivity index is 1.88. The number of hydrogen-bond acceptors (Lipinski definition) is 6. The van der Waals surface area contributed by atoms with Gasteiger partial charge in [0, 0.05) is 24.3 Å². The molecule has 0 aliphatic carbocycles. The first-order chi connectivity index (χ1) is 12.5. The zero-order valence-electron chi connectivity index (χ0n) is 13.9. The van der Waals surface area contributed by atoms with Crippen LogP contribution in [0.1, 0.15) is 30.9 Å². The molecule has 6 heteroatoms. The predicted octanol–water partition coefficient (Wildman–Crippen LogP) is 3.82. The maximum absolute atomic E-state index is 12.6. The van der Waals surface area contributed by atoms with E-state index in [0.717, 1.165) is 12.8 Å². The van der Waals surface area contributed by atoms with Crippen molar-refractivity contribution in [3.63, 3.8) is 0 Å². The van der Waals surface area contributed by atoms with Gasteiger partial charge < -0.3 is 24.5 Å². The van der Waals surface area contributed by atoms with E-state index in [4.69, 9.17) is 9.15 Å². The Bertz CT molecular complexity index is 1010. The summed E-state index contributed by atoms with van der Waals surface area (Å²) in [6.45, 7) is 0.552. The van der Waals surface area contributed by atoms with E-state index in [1.807, 2.05) is 0 Å². The van der Waals surface area contributed by atoms with Crippen molar-refractivity contribution in [2.75, 3.05) is 6.61 Å².